The van der Waals surface area contributed by atoms with Crippen molar-refractivity contribution >= 4 is 23.2 Å². The van der Waals surface area contributed by atoms with Crippen molar-refractivity contribution in [1.82, 2.24) is 15.1 Å². The normalized spacial score (nSPS) is 28.5. The molecule has 0 radical (unpaired) electrons. The zero-order valence-electron chi connectivity index (χ0n) is 17.3. The average Bonchev–Trinajstić information content (AvgIpc) is 3.44. The molecule has 2 amide bonds. The SMILES string of the molecule is CCCN1CCC2(CCN(C(=O)c3cc4c(s3)CCOC43CCNCC3)C2)C1=O. The van der Waals surface area contributed by atoms with E-state index in [2.05, 4.69) is 18.3 Å². The van der Waals surface area contributed by atoms with Crippen molar-refractivity contribution in [3.8, 4) is 0 Å². The molecular weight excluding hydrogens is 386 g/mol. The number of hydrogen-bond acceptors (Lipinski definition) is 5. The van der Waals surface area contributed by atoms with Crippen LogP contribution >= 0.6 is 11.3 Å². The summed E-state index contributed by atoms with van der Waals surface area (Å²) in [7, 11) is 0. The molecule has 0 saturated carbocycles. The van der Waals surface area contributed by atoms with E-state index in [1.54, 1.807) is 11.3 Å². The fraction of sp³-hybridized carbons (Fsp3) is 0.727. The first-order valence-electron chi connectivity index (χ1n) is 11.1. The highest BCUT2D eigenvalue weighted by atomic mass is 32.1. The van der Waals surface area contributed by atoms with Crippen molar-refractivity contribution in [2.75, 3.05) is 45.9 Å². The zero-order chi connectivity index (χ0) is 20.1. The molecule has 29 heavy (non-hydrogen) atoms. The Bertz CT molecular complexity index is 816. The lowest BCUT2D eigenvalue weighted by Crippen LogP contribution is -2.44. The van der Waals surface area contributed by atoms with E-state index in [0.717, 1.165) is 76.2 Å². The minimum atomic E-state index is -0.332. The van der Waals surface area contributed by atoms with E-state index in [-0.39, 0.29) is 22.8 Å². The lowest BCUT2D eigenvalue weighted by Gasteiger charge is -2.40. The predicted molar refractivity (Wildman–Crippen MR) is 112 cm³/mol. The van der Waals surface area contributed by atoms with Crippen LogP contribution in [0.5, 0.6) is 0 Å². The summed E-state index contributed by atoms with van der Waals surface area (Å²) in [5, 5.41) is 3.42. The smallest absolute Gasteiger partial charge is 0.263 e. The largest absolute Gasteiger partial charge is 0.370 e. The number of thiophene rings is 1. The highest BCUT2D eigenvalue weighted by Gasteiger charge is 2.51. The third-order valence-electron chi connectivity index (χ3n) is 7.37. The average molecular weight is 418 g/mol. The van der Waals surface area contributed by atoms with Gasteiger partial charge >= 0.3 is 0 Å². The van der Waals surface area contributed by atoms with Gasteiger partial charge in [-0.2, -0.15) is 0 Å². The first-order chi connectivity index (χ1) is 14.1. The van der Waals surface area contributed by atoms with E-state index in [1.165, 1.54) is 10.4 Å². The van der Waals surface area contributed by atoms with Gasteiger partial charge in [-0.05, 0) is 56.8 Å². The van der Waals surface area contributed by atoms with Gasteiger partial charge in [-0.1, -0.05) is 6.92 Å². The summed E-state index contributed by atoms with van der Waals surface area (Å²) < 4.78 is 6.27. The molecule has 5 rings (SSSR count). The van der Waals surface area contributed by atoms with Crippen LogP contribution in [0, 0.1) is 5.41 Å². The number of nitrogens with one attached hydrogen (secondary N) is 1. The zero-order valence-corrected chi connectivity index (χ0v) is 18.1. The topological polar surface area (TPSA) is 61.9 Å². The second kappa shape index (κ2) is 7.36. The number of amides is 2. The summed E-state index contributed by atoms with van der Waals surface area (Å²) >= 11 is 1.65. The van der Waals surface area contributed by atoms with Gasteiger partial charge in [-0.3, -0.25) is 9.59 Å². The van der Waals surface area contributed by atoms with Gasteiger partial charge in [0.1, 0.15) is 0 Å². The molecule has 4 aliphatic rings. The van der Waals surface area contributed by atoms with Crippen LogP contribution in [0.1, 0.15) is 59.1 Å². The van der Waals surface area contributed by atoms with E-state index in [1.807, 2.05) is 9.80 Å². The van der Waals surface area contributed by atoms with E-state index in [9.17, 15) is 9.59 Å². The summed E-state index contributed by atoms with van der Waals surface area (Å²) in [6, 6.07) is 2.11. The quantitative estimate of drug-likeness (QED) is 0.820. The first kappa shape index (κ1) is 19.5. The highest BCUT2D eigenvalue weighted by molar-refractivity contribution is 7.14. The van der Waals surface area contributed by atoms with Crippen molar-refractivity contribution in [1.29, 1.82) is 0 Å². The summed E-state index contributed by atoms with van der Waals surface area (Å²) in [4.78, 5) is 32.4. The van der Waals surface area contributed by atoms with E-state index in [0.29, 0.717) is 13.1 Å². The highest BCUT2D eigenvalue weighted by Crippen LogP contribution is 2.45. The number of carbonyl (C=O) groups excluding carboxylic acids is 2. The predicted octanol–water partition coefficient (Wildman–Crippen LogP) is 2.37. The van der Waals surface area contributed by atoms with Crippen molar-refractivity contribution in [3.05, 3.63) is 21.4 Å². The van der Waals surface area contributed by atoms with E-state index < -0.39 is 0 Å². The molecule has 2 spiro atoms. The maximum atomic E-state index is 13.3. The van der Waals surface area contributed by atoms with Crippen molar-refractivity contribution < 1.29 is 14.3 Å². The Balaban J connectivity index is 1.34. The maximum Gasteiger partial charge on any atom is 0.263 e. The van der Waals surface area contributed by atoms with Gasteiger partial charge in [0.05, 0.1) is 22.5 Å². The molecule has 4 aliphatic heterocycles. The summed E-state index contributed by atoms with van der Waals surface area (Å²) in [6.07, 6.45) is 5.53. The van der Waals surface area contributed by atoms with Crippen LogP contribution in [-0.4, -0.2) is 67.5 Å². The molecule has 158 valence electrons. The van der Waals surface area contributed by atoms with Gasteiger partial charge in [-0.15, -0.1) is 11.3 Å². The number of carbonyl (C=O) groups is 2. The van der Waals surface area contributed by atoms with Crippen LogP contribution in [0.15, 0.2) is 6.07 Å². The summed E-state index contributed by atoms with van der Waals surface area (Å²) in [6.45, 7) is 7.74. The number of fused-ring (bicyclic) bond motifs is 2. The lowest BCUT2D eigenvalue weighted by atomic mass is 9.83. The second-order valence-electron chi connectivity index (χ2n) is 9.09. The van der Waals surface area contributed by atoms with Crippen LogP contribution < -0.4 is 5.32 Å². The minimum Gasteiger partial charge on any atom is -0.370 e. The molecule has 5 heterocycles. The molecule has 7 heteroatoms. The number of rotatable bonds is 3. The molecule has 1 N–H and O–H groups in total. The summed E-state index contributed by atoms with van der Waals surface area (Å²) in [5.74, 6) is 0.370. The molecule has 0 bridgehead atoms. The number of nitrogens with zero attached hydrogens (tertiary/aromatic N) is 2. The minimum absolute atomic E-state index is 0.104. The third kappa shape index (κ3) is 3.13. The van der Waals surface area contributed by atoms with Gasteiger partial charge < -0.3 is 19.9 Å². The Morgan fingerprint density at radius 2 is 2.03 bits per heavy atom. The molecule has 1 unspecified atom stereocenters. The first-order valence-corrected chi connectivity index (χ1v) is 12.0. The third-order valence-corrected chi connectivity index (χ3v) is 8.55. The van der Waals surface area contributed by atoms with Crippen LogP contribution in [-0.2, 0) is 21.6 Å². The molecule has 1 aromatic rings. The molecule has 6 nitrogen and oxygen atoms in total. The molecular formula is C22H31N3O3S. The Morgan fingerprint density at radius 1 is 1.24 bits per heavy atom. The summed E-state index contributed by atoms with van der Waals surface area (Å²) in [5.41, 5.74) is 0.710. The van der Waals surface area contributed by atoms with E-state index >= 15 is 0 Å². The Hall–Kier alpha value is -1.44. The number of piperidine rings is 1. The number of hydrogen-bond donors (Lipinski definition) is 1. The second-order valence-corrected chi connectivity index (χ2v) is 10.2. The van der Waals surface area contributed by atoms with Crippen LogP contribution in [0.25, 0.3) is 0 Å². The van der Waals surface area contributed by atoms with Crippen molar-refractivity contribution in [3.63, 3.8) is 0 Å². The Morgan fingerprint density at radius 3 is 2.83 bits per heavy atom. The molecule has 3 fully saturated rings. The fourth-order valence-corrected chi connectivity index (χ4v) is 6.92. The van der Waals surface area contributed by atoms with Crippen LogP contribution in [0.4, 0.5) is 0 Å². The molecule has 3 saturated heterocycles. The number of ether oxygens (including phenoxy) is 1. The van der Waals surface area contributed by atoms with Gasteiger partial charge in [-0.25, -0.2) is 0 Å². The van der Waals surface area contributed by atoms with Crippen LogP contribution in [0.3, 0.4) is 0 Å². The lowest BCUT2D eigenvalue weighted by molar-refractivity contribution is -0.135. The maximum absolute atomic E-state index is 13.3. The molecule has 1 atom stereocenters. The standard InChI is InChI=1S/C22H31N3O3S/c1-2-10-24-11-6-21(20(24)27)7-12-25(15-21)19(26)18-14-16-17(29-18)3-13-28-22(16)4-8-23-9-5-22/h14,23H,2-13,15H2,1H3. The van der Waals surface area contributed by atoms with Gasteiger partial charge in [0.2, 0.25) is 5.91 Å². The Kier molecular flexibility index (Phi) is 4.95. The van der Waals surface area contributed by atoms with Crippen molar-refractivity contribution in [2.24, 2.45) is 5.41 Å². The van der Waals surface area contributed by atoms with Crippen molar-refractivity contribution in [2.45, 2.75) is 51.0 Å². The number of likely N-dealkylation sites (tertiary alicyclic amines) is 2. The molecule has 0 aliphatic carbocycles. The molecule has 0 aromatic carbocycles. The van der Waals surface area contributed by atoms with E-state index in [4.69, 9.17) is 4.74 Å². The van der Waals surface area contributed by atoms with Gasteiger partial charge in [0.25, 0.3) is 5.91 Å². The fourth-order valence-electron chi connectivity index (χ4n) is 5.72. The Labute approximate surface area is 176 Å². The van der Waals surface area contributed by atoms with Gasteiger partial charge in [0.15, 0.2) is 0 Å². The van der Waals surface area contributed by atoms with Crippen LogP contribution in [0.2, 0.25) is 0 Å². The van der Waals surface area contributed by atoms with Gasteiger partial charge in [0, 0.05) is 37.5 Å². The molecule has 1 aromatic heterocycles. The monoisotopic (exact) mass is 417 g/mol.